The van der Waals surface area contributed by atoms with E-state index in [-0.39, 0.29) is 30.7 Å². The average molecular weight is 399 g/mol. The van der Waals surface area contributed by atoms with Crippen molar-refractivity contribution < 1.29 is 18.7 Å². The smallest absolute Gasteiger partial charge is 0.234 e. The van der Waals surface area contributed by atoms with E-state index in [4.69, 9.17) is 4.74 Å². The van der Waals surface area contributed by atoms with Crippen LogP contribution in [0.5, 0.6) is 5.75 Å². The lowest BCUT2D eigenvalue weighted by atomic mass is 10.2. The zero-order valence-electron chi connectivity index (χ0n) is 16.4. The van der Waals surface area contributed by atoms with Crippen molar-refractivity contribution in [3.05, 3.63) is 66.0 Å². The SMILES string of the molecule is O=C(CN1CCN(C(=O)CCOc2ccc(F)cc2)CC1)NCc1ccccc1. The molecule has 1 aliphatic heterocycles. The second-order valence-electron chi connectivity index (χ2n) is 6.97. The summed E-state index contributed by atoms with van der Waals surface area (Å²) in [5.74, 6) is 0.243. The number of carbonyl (C=O) groups is 2. The molecule has 2 aromatic carbocycles. The molecule has 0 spiro atoms. The first kappa shape index (κ1) is 20.8. The molecule has 154 valence electrons. The molecular weight excluding hydrogens is 373 g/mol. The number of ether oxygens (including phenoxy) is 1. The third kappa shape index (κ3) is 6.87. The number of nitrogens with zero attached hydrogens (tertiary/aromatic N) is 2. The Morgan fingerprint density at radius 2 is 1.66 bits per heavy atom. The first-order valence-electron chi connectivity index (χ1n) is 9.79. The van der Waals surface area contributed by atoms with E-state index in [0.29, 0.717) is 45.0 Å². The molecule has 0 radical (unpaired) electrons. The van der Waals surface area contributed by atoms with Crippen molar-refractivity contribution in [1.29, 1.82) is 0 Å². The molecule has 1 aliphatic rings. The largest absolute Gasteiger partial charge is 0.493 e. The number of hydrogen-bond donors (Lipinski definition) is 1. The fourth-order valence-electron chi connectivity index (χ4n) is 3.16. The molecule has 0 atom stereocenters. The van der Waals surface area contributed by atoms with Gasteiger partial charge in [-0.05, 0) is 29.8 Å². The third-order valence-electron chi connectivity index (χ3n) is 4.82. The summed E-state index contributed by atoms with van der Waals surface area (Å²) in [5.41, 5.74) is 1.07. The van der Waals surface area contributed by atoms with Crippen LogP contribution in [0, 0.1) is 5.82 Å². The highest BCUT2D eigenvalue weighted by molar-refractivity contribution is 5.78. The van der Waals surface area contributed by atoms with Gasteiger partial charge in [0, 0.05) is 32.7 Å². The minimum atomic E-state index is -0.319. The average Bonchev–Trinajstić information content (AvgIpc) is 2.75. The summed E-state index contributed by atoms with van der Waals surface area (Å²) < 4.78 is 18.3. The van der Waals surface area contributed by atoms with Gasteiger partial charge < -0.3 is 15.0 Å². The van der Waals surface area contributed by atoms with Crippen LogP contribution in [-0.4, -0.2) is 60.9 Å². The van der Waals surface area contributed by atoms with E-state index >= 15 is 0 Å². The molecule has 0 aliphatic carbocycles. The van der Waals surface area contributed by atoms with Crippen LogP contribution in [0.4, 0.5) is 4.39 Å². The Balaban J connectivity index is 1.31. The number of halogens is 1. The zero-order valence-corrected chi connectivity index (χ0v) is 16.4. The minimum absolute atomic E-state index is 0.0127. The minimum Gasteiger partial charge on any atom is -0.493 e. The van der Waals surface area contributed by atoms with Crippen LogP contribution in [0.3, 0.4) is 0 Å². The highest BCUT2D eigenvalue weighted by atomic mass is 19.1. The van der Waals surface area contributed by atoms with E-state index < -0.39 is 0 Å². The number of piperazine rings is 1. The van der Waals surface area contributed by atoms with E-state index in [0.717, 1.165) is 5.56 Å². The van der Waals surface area contributed by atoms with E-state index in [2.05, 4.69) is 10.2 Å². The van der Waals surface area contributed by atoms with Crippen LogP contribution >= 0.6 is 0 Å². The monoisotopic (exact) mass is 399 g/mol. The maximum absolute atomic E-state index is 12.9. The van der Waals surface area contributed by atoms with E-state index in [1.807, 2.05) is 30.3 Å². The Bertz CT molecular complexity index is 791. The van der Waals surface area contributed by atoms with Crippen molar-refractivity contribution in [2.24, 2.45) is 0 Å². The number of nitrogens with one attached hydrogen (secondary N) is 1. The fourth-order valence-corrected chi connectivity index (χ4v) is 3.16. The van der Waals surface area contributed by atoms with Crippen molar-refractivity contribution in [2.45, 2.75) is 13.0 Å². The zero-order chi connectivity index (χ0) is 20.5. The molecule has 1 fully saturated rings. The Morgan fingerprint density at radius 3 is 2.34 bits per heavy atom. The normalized spacial score (nSPS) is 14.4. The Labute approximate surface area is 170 Å². The highest BCUT2D eigenvalue weighted by Crippen LogP contribution is 2.12. The van der Waals surface area contributed by atoms with Gasteiger partial charge in [0.1, 0.15) is 11.6 Å². The van der Waals surface area contributed by atoms with Gasteiger partial charge in [0.25, 0.3) is 0 Å². The van der Waals surface area contributed by atoms with Gasteiger partial charge in [-0.2, -0.15) is 0 Å². The standard InChI is InChI=1S/C22H26FN3O3/c23-19-6-8-20(9-7-19)29-15-10-22(28)26-13-11-25(12-14-26)17-21(27)24-16-18-4-2-1-3-5-18/h1-9H,10-17H2,(H,24,27). The van der Waals surface area contributed by atoms with Crippen molar-refractivity contribution in [3.63, 3.8) is 0 Å². The van der Waals surface area contributed by atoms with Crippen LogP contribution in [0.1, 0.15) is 12.0 Å². The van der Waals surface area contributed by atoms with Crippen molar-refractivity contribution in [2.75, 3.05) is 39.3 Å². The van der Waals surface area contributed by atoms with Crippen LogP contribution in [0.15, 0.2) is 54.6 Å². The maximum Gasteiger partial charge on any atom is 0.234 e. The molecule has 0 unspecified atom stereocenters. The Morgan fingerprint density at radius 1 is 0.966 bits per heavy atom. The van der Waals surface area contributed by atoms with Gasteiger partial charge in [0.15, 0.2) is 0 Å². The van der Waals surface area contributed by atoms with Crippen LogP contribution < -0.4 is 10.1 Å². The summed E-state index contributed by atoms with van der Waals surface area (Å²) in [6.07, 6.45) is 0.273. The van der Waals surface area contributed by atoms with Crippen LogP contribution in [-0.2, 0) is 16.1 Å². The second kappa shape index (κ2) is 10.6. The lowest BCUT2D eigenvalue weighted by molar-refractivity contribution is -0.133. The maximum atomic E-state index is 12.9. The van der Waals surface area contributed by atoms with Crippen molar-refractivity contribution >= 4 is 11.8 Å². The summed E-state index contributed by atoms with van der Waals surface area (Å²) >= 11 is 0. The summed E-state index contributed by atoms with van der Waals surface area (Å²) in [7, 11) is 0. The molecule has 2 amide bonds. The van der Waals surface area contributed by atoms with E-state index in [9.17, 15) is 14.0 Å². The topological polar surface area (TPSA) is 61.9 Å². The predicted molar refractivity (Wildman–Crippen MR) is 108 cm³/mol. The molecule has 6 nitrogen and oxygen atoms in total. The van der Waals surface area contributed by atoms with Gasteiger partial charge in [-0.3, -0.25) is 14.5 Å². The molecule has 1 heterocycles. The summed E-state index contributed by atoms with van der Waals surface area (Å²) in [6.45, 7) is 3.65. The number of hydrogen-bond acceptors (Lipinski definition) is 4. The van der Waals surface area contributed by atoms with E-state index in [1.165, 1.54) is 12.1 Å². The fraction of sp³-hybridized carbons (Fsp3) is 0.364. The molecule has 7 heteroatoms. The number of amides is 2. The molecule has 1 saturated heterocycles. The van der Waals surface area contributed by atoms with Crippen LogP contribution in [0.2, 0.25) is 0 Å². The first-order valence-corrected chi connectivity index (χ1v) is 9.79. The van der Waals surface area contributed by atoms with Crippen molar-refractivity contribution in [3.8, 4) is 5.75 Å². The summed E-state index contributed by atoms with van der Waals surface area (Å²) in [5, 5.41) is 2.93. The predicted octanol–water partition coefficient (Wildman–Crippen LogP) is 2.06. The molecule has 2 aromatic rings. The van der Waals surface area contributed by atoms with Gasteiger partial charge in [0.2, 0.25) is 11.8 Å². The Kier molecular flexibility index (Phi) is 7.58. The summed E-state index contributed by atoms with van der Waals surface area (Å²) in [6, 6.07) is 15.5. The second-order valence-corrected chi connectivity index (χ2v) is 6.97. The van der Waals surface area contributed by atoms with Gasteiger partial charge in [-0.15, -0.1) is 0 Å². The van der Waals surface area contributed by atoms with Gasteiger partial charge in [-0.1, -0.05) is 30.3 Å². The first-order chi connectivity index (χ1) is 14.1. The Hall–Kier alpha value is -2.93. The molecule has 0 bridgehead atoms. The van der Waals surface area contributed by atoms with Crippen molar-refractivity contribution in [1.82, 2.24) is 15.1 Å². The summed E-state index contributed by atoms with van der Waals surface area (Å²) in [4.78, 5) is 28.3. The lowest BCUT2D eigenvalue weighted by Crippen LogP contribution is -2.51. The molecule has 0 saturated carbocycles. The number of benzene rings is 2. The van der Waals surface area contributed by atoms with Gasteiger partial charge in [0.05, 0.1) is 19.6 Å². The van der Waals surface area contributed by atoms with Gasteiger partial charge >= 0.3 is 0 Å². The molecular formula is C22H26FN3O3. The lowest BCUT2D eigenvalue weighted by Gasteiger charge is -2.34. The number of rotatable bonds is 8. The van der Waals surface area contributed by atoms with E-state index in [1.54, 1.807) is 17.0 Å². The highest BCUT2D eigenvalue weighted by Gasteiger charge is 2.22. The molecule has 1 N–H and O–H groups in total. The third-order valence-corrected chi connectivity index (χ3v) is 4.82. The number of carbonyl (C=O) groups excluding carboxylic acids is 2. The van der Waals surface area contributed by atoms with Crippen LogP contribution in [0.25, 0.3) is 0 Å². The molecule has 29 heavy (non-hydrogen) atoms. The molecule has 3 rings (SSSR count). The quantitative estimate of drug-likeness (QED) is 0.738. The molecule has 0 aromatic heterocycles. The van der Waals surface area contributed by atoms with Gasteiger partial charge in [-0.25, -0.2) is 4.39 Å².